The second kappa shape index (κ2) is 7.01. The lowest BCUT2D eigenvalue weighted by Gasteiger charge is -2.12. The molecule has 0 bridgehead atoms. The molecule has 2 fully saturated rings. The maximum Gasteiger partial charge on any atom is 0.240 e. The highest BCUT2D eigenvalue weighted by molar-refractivity contribution is 7.89. The first-order chi connectivity index (χ1) is 11.0. The van der Waals surface area contributed by atoms with Crippen LogP contribution in [0.25, 0.3) is 0 Å². The van der Waals surface area contributed by atoms with Gasteiger partial charge in [-0.25, -0.2) is 13.1 Å². The van der Waals surface area contributed by atoms with Gasteiger partial charge in [0.05, 0.1) is 4.90 Å². The zero-order valence-electron chi connectivity index (χ0n) is 13.3. The van der Waals surface area contributed by atoms with Crippen molar-refractivity contribution in [3.8, 4) is 0 Å². The quantitative estimate of drug-likeness (QED) is 0.801. The van der Waals surface area contributed by atoms with Gasteiger partial charge in [-0.3, -0.25) is 4.79 Å². The Morgan fingerprint density at radius 1 is 1.00 bits per heavy atom. The van der Waals surface area contributed by atoms with Crippen molar-refractivity contribution in [3.63, 3.8) is 0 Å². The van der Waals surface area contributed by atoms with Crippen LogP contribution in [0.2, 0.25) is 0 Å². The summed E-state index contributed by atoms with van der Waals surface area (Å²) in [6.45, 7) is 0. The molecule has 0 atom stereocenters. The van der Waals surface area contributed by atoms with Gasteiger partial charge in [0.15, 0.2) is 0 Å². The Bertz CT molecular complexity index is 645. The van der Waals surface area contributed by atoms with E-state index < -0.39 is 10.0 Å². The molecule has 2 saturated carbocycles. The first-order valence-electron chi connectivity index (χ1n) is 8.43. The summed E-state index contributed by atoms with van der Waals surface area (Å²) in [6, 6.07) is 7.29. The lowest BCUT2D eigenvalue weighted by Crippen LogP contribution is -2.32. The van der Waals surface area contributed by atoms with Gasteiger partial charge in [-0.05, 0) is 49.8 Å². The predicted molar refractivity (Wildman–Crippen MR) is 88.5 cm³/mol. The Balaban J connectivity index is 1.49. The van der Waals surface area contributed by atoms with E-state index in [-0.39, 0.29) is 11.9 Å². The average Bonchev–Trinajstić information content (AvgIpc) is 3.17. The Morgan fingerprint density at radius 2 is 1.65 bits per heavy atom. The Labute approximate surface area is 137 Å². The first-order valence-corrected chi connectivity index (χ1v) is 9.92. The van der Waals surface area contributed by atoms with Crippen LogP contribution in [0.3, 0.4) is 0 Å². The molecule has 1 aromatic rings. The van der Waals surface area contributed by atoms with Gasteiger partial charge >= 0.3 is 0 Å². The highest BCUT2D eigenvalue weighted by atomic mass is 32.2. The fraction of sp³-hybridized carbons (Fsp3) is 0.588. The summed E-state index contributed by atoms with van der Waals surface area (Å²) >= 11 is 0. The van der Waals surface area contributed by atoms with Crippen LogP contribution < -0.4 is 10.0 Å². The Hall–Kier alpha value is -1.40. The third-order valence-electron chi connectivity index (χ3n) is 4.49. The number of hydrogen-bond donors (Lipinski definition) is 2. The smallest absolute Gasteiger partial charge is 0.240 e. The zero-order valence-corrected chi connectivity index (χ0v) is 14.1. The highest BCUT2D eigenvalue weighted by Crippen LogP contribution is 2.22. The lowest BCUT2D eigenvalue weighted by molar-refractivity contribution is -0.121. The number of carbonyl (C=O) groups excluding carboxylic acids is 1. The zero-order chi connectivity index (χ0) is 16.3. The van der Waals surface area contributed by atoms with Crippen molar-refractivity contribution in [3.05, 3.63) is 29.8 Å². The number of amides is 1. The number of aryl methyl sites for hydroxylation is 1. The number of benzene rings is 1. The molecular formula is C17H24N2O3S. The molecule has 3 rings (SSSR count). The van der Waals surface area contributed by atoms with Gasteiger partial charge in [-0.15, -0.1) is 0 Å². The topological polar surface area (TPSA) is 75.3 Å². The van der Waals surface area contributed by atoms with Crippen LogP contribution >= 0.6 is 0 Å². The van der Waals surface area contributed by atoms with E-state index in [0.29, 0.717) is 23.8 Å². The van der Waals surface area contributed by atoms with Crippen LogP contribution in [0.5, 0.6) is 0 Å². The van der Waals surface area contributed by atoms with E-state index in [1.807, 2.05) is 0 Å². The Kier molecular flexibility index (Phi) is 5.02. The van der Waals surface area contributed by atoms with E-state index in [1.54, 1.807) is 24.3 Å². The van der Waals surface area contributed by atoms with Gasteiger partial charge in [0.2, 0.25) is 15.9 Å². The summed E-state index contributed by atoms with van der Waals surface area (Å²) in [5, 5.41) is 3.07. The van der Waals surface area contributed by atoms with E-state index in [1.165, 1.54) is 12.8 Å². The second-order valence-corrected chi connectivity index (χ2v) is 8.30. The minimum Gasteiger partial charge on any atom is -0.353 e. The van der Waals surface area contributed by atoms with Crippen LogP contribution in [0.15, 0.2) is 29.2 Å². The monoisotopic (exact) mass is 336 g/mol. The number of hydrogen-bond acceptors (Lipinski definition) is 3. The predicted octanol–water partition coefficient (Wildman–Crippen LogP) is 2.12. The maximum absolute atomic E-state index is 12.1. The van der Waals surface area contributed by atoms with Crippen LogP contribution in [0.4, 0.5) is 0 Å². The van der Waals surface area contributed by atoms with E-state index >= 15 is 0 Å². The molecule has 0 aliphatic heterocycles. The van der Waals surface area contributed by atoms with E-state index in [4.69, 9.17) is 0 Å². The molecule has 0 radical (unpaired) electrons. The third-order valence-corrected chi connectivity index (χ3v) is 6.03. The summed E-state index contributed by atoms with van der Waals surface area (Å²) in [5.74, 6) is 0.0870. The SMILES string of the molecule is O=C(CCc1ccc(S(=O)(=O)NC2CC2)cc1)NC1CCCC1. The van der Waals surface area contributed by atoms with Crippen molar-refractivity contribution in [2.75, 3.05) is 0 Å². The van der Waals surface area contributed by atoms with Gasteiger partial charge in [0.1, 0.15) is 0 Å². The van der Waals surface area contributed by atoms with E-state index in [0.717, 1.165) is 31.2 Å². The number of nitrogens with one attached hydrogen (secondary N) is 2. The third kappa shape index (κ3) is 4.78. The minimum absolute atomic E-state index is 0.0870. The summed E-state index contributed by atoms with van der Waals surface area (Å²) in [7, 11) is -3.39. The molecule has 0 heterocycles. The molecule has 1 aromatic carbocycles. The van der Waals surface area contributed by atoms with Crippen molar-refractivity contribution >= 4 is 15.9 Å². The van der Waals surface area contributed by atoms with Crippen LogP contribution in [-0.2, 0) is 21.2 Å². The van der Waals surface area contributed by atoms with Crippen molar-refractivity contribution in [2.24, 2.45) is 0 Å². The van der Waals surface area contributed by atoms with Gasteiger partial charge in [0, 0.05) is 18.5 Å². The average molecular weight is 336 g/mol. The molecule has 5 nitrogen and oxygen atoms in total. The molecule has 23 heavy (non-hydrogen) atoms. The van der Waals surface area contributed by atoms with Crippen LogP contribution in [0.1, 0.15) is 50.5 Å². The molecule has 2 N–H and O–H groups in total. The number of carbonyl (C=O) groups is 1. The molecule has 2 aliphatic rings. The van der Waals surface area contributed by atoms with Gasteiger partial charge in [0.25, 0.3) is 0 Å². The summed E-state index contributed by atoms with van der Waals surface area (Å²) in [6.07, 6.45) is 7.52. The van der Waals surface area contributed by atoms with Gasteiger partial charge in [-0.1, -0.05) is 25.0 Å². The van der Waals surface area contributed by atoms with Crippen molar-refractivity contribution in [1.29, 1.82) is 0 Å². The van der Waals surface area contributed by atoms with Crippen LogP contribution in [0, 0.1) is 0 Å². The Morgan fingerprint density at radius 3 is 2.26 bits per heavy atom. The highest BCUT2D eigenvalue weighted by Gasteiger charge is 2.27. The molecule has 2 aliphatic carbocycles. The fourth-order valence-corrected chi connectivity index (χ4v) is 4.26. The molecule has 6 heteroatoms. The van der Waals surface area contributed by atoms with E-state index in [9.17, 15) is 13.2 Å². The standard InChI is InChI=1S/C17H24N2O3S/c20-17(18-14-3-1-2-4-14)12-7-13-5-10-16(11-6-13)23(21,22)19-15-8-9-15/h5-6,10-11,14-15,19H,1-4,7-9,12H2,(H,18,20). The molecule has 0 unspecified atom stereocenters. The van der Waals surface area contributed by atoms with Crippen LogP contribution in [-0.4, -0.2) is 26.4 Å². The molecule has 0 spiro atoms. The van der Waals surface area contributed by atoms with Gasteiger partial charge < -0.3 is 5.32 Å². The maximum atomic E-state index is 12.1. The van der Waals surface area contributed by atoms with Crippen molar-refractivity contribution in [1.82, 2.24) is 10.0 Å². The summed E-state index contributed by atoms with van der Waals surface area (Å²) in [4.78, 5) is 12.2. The van der Waals surface area contributed by atoms with Crippen molar-refractivity contribution < 1.29 is 13.2 Å². The first kappa shape index (κ1) is 16.5. The second-order valence-electron chi connectivity index (χ2n) is 6.59. The molecular weight excluding hydrogens is 312 g/mol. The number of sulfonamides is 1. The number of rotatable bonds is 7. The van der Waals surface area contributed by atoms with E-state index in [2.05, 4.69) is 10.0 Å². The summed E-state index contributed by atoms with van der Waals surface area (Å²) < 4.78 is 26.8. The molecule has 126 valence electrons. The molecule has 1 amide bonds. The minimum atomic E-state index is -3.39. The normalized spacial score (nSPS) is 19.0. The molecule has 0 saturated heterocycles. The largest absolute Gasteiger partial charge is 0.353 e. The fourth-order valence-electron chi connectivity index (χ4n) is 2.95. The lowest BCUT2D eigenvalue weighted by atomic mass is 10.1. The van der Waals surface area contributed by atoms with Crippen molar-refractivity contribution in [2.45, 2.75) is 68.3 Å². The van der Waals surface area contributed by atoms with Gasteiger partial charge in [-0.2, -0.15) is 0 Å². The summed E-state index contributed by atoms with van der Waals surface area (Å²) in [5.41, 5.74) is 0.983. The molecule has 0 aromatic heterocycles.